The molecule has 0 aromatic heterocycles. The summed E-state index contributed by atoms with van der Waals surface area (Å²) in [6, 6.07) is 22.5. The fourth-order valence-corrected chi connectivity index (χ4v) is 5.34. The second-order valence-electron chi connectivity index (χ2n) is 10.3. The van der Waals surface area contributed by atoms with E-state index in [4.69, 9.17) is 9.47 Å². The van der Waals surface area contributed by atoms with E-state index in [1.54, 1.807) is 17.0 Å². The van der Waals surface area contributed by atoms with Crippen molar-refractivity contribution in [2.24, 2.45) is 0 Å². The number of nitrogens with zero attached hydrogens (tertiary/aromatic N) is 2. The van der Waals surface area contributed by atoms with Crippen molar-refractivity contribution in [3.63, 3.8) is 0 Å². The van der Waals surface area contributed by atoms with Crippen molar-refractivity contribution in [3.05, 3.63) is 106 Å². The second-order valence-corrected chi connectivity index (χ2v) is 10.3. The lowest BCUT2D eigenvalue weighted by molar-refractivity contribution is -0.140. The molecule has 0 radical (unpaired) electrons. The Kier molecular flexibility index (Phi) is 8.63. The molecule has 0 saturated carbocycles. The normalized spacial score (nSPS) is 19.2. The number of carbonyl (C=O) groups is 2. The van der Waals surface area contributed by atoms with Crippen LogP contribution in [-0.2, 0) is 27.4 Å². The molecule has 1 atom stereocenters. The van der Waals surface area contributed by atoms with Crippen molar-refractivity contribution in [2.45, 2.75) is 32.9 Å². The highest BCUT2D eigenvalue weighted by Crippen LogP contribution is 2.40. The number of Topliss-reactive ketones (excluding diaryl/α,β-unsaturated/α-hetero) is 1. The number of likely N-dealkylation sites (tertiary alicyclic amines) is 1. The molecule has 40 heavy (non-hydrogen) atoms. The van der Waals surface area contributed by atoms with Crippen LogP contribution in [0.4, 0.5) is 0 Å². The molecule has 7 heteroatoms. The van der Waals surface area contributed by atoms with E-state index in [2.05, 4.69) is 11.8 Å². The minimum atomic E-state index is -0.666. The Balaban J connectivity index is 1.46. The molecule has 2 fully saturated rings. The number of carbonyl (C=O) groups excluding carboxylic acids is 2. The summed E-state index contributed by atoms with van der Waals surface area (Å²) in [5.74, 6) is -0.743. The number of morpholine rings is 1. The lowest BCUT2D eigenvalue weighted by Gasteiger charge is -2.31. The van der Waals surface area contributed by atoms with Gasteiger partial charge in [0.15, 0.2) is 0 Å². The Labute approximate surface area is 235 Å². The van der Waals surface area contributed by atoms with Crippen molar-refractivity contribution in [1.82, 2.24) is 9.80 Å². The van der Waals surface area contributed by atoms with Crippen LogP contribution in [0.3, 0.4) is 0 Å². The molecule has 208 valence electrons. The van der Waals surface area contributed by atoms with Gasteiger partial charge in [-0.15, -0.1) is 0 Å². The number of hydrogen-bond donors (Lipinski definition) is 1. The maximum Gasteiger partial charge on any atom is 0.295 e. The van der Waals surface area contributed by atoms with Crippen LogP contribution in [0.2, 0.25) is 0 Å². The Bertz CT molecular complexity index is 1380. The highest BCUT2D eigenvalue weighted by atomic mass is 16.5. The summed E-state index contributed by atoms with van der Waals surface area (Å²) >= 11 is 0. The van der Waals surface area contributed by atoms with E-state index >= 15 is 0 Å². The minimum Gasteiger partial charge on any atom is -0.507 e. The van der Waals surface area contributed by atoms with Gasteiger partial charge >= 0.3 is 0 Å². The summed E-state index contributed by atoms with van der Waals surface area (Å²) in [5, 5.41) is 11.6. The van der Waals surface area contributed by atoms with E-state index < -0.39 is 17.7 Å². The second kappa shape index (κ2) is 12.5. The number of amides is 1. The predicted molar refractivity (Wildman–Crippen MR) is 154 cm³/mol. The lowest BCUT2D eigenvalue weighted by atomic mass is 9.93. The van der Waals surface area contributed by atoms with Gasteiger partial charge in [-0.25, -0.2) is 0 Å². The minimum absolute atomic E-state index is 0.122. The third-order valence-electron chi connectivity index (χ3n) is 7.71. The van der Waals surface area contributed by atoms with Gasteiger partial charge in [-0.2, -0.15) is 0 Å². The molecule has 2 aliphatic rings. The van der Waals surface area contributed by atoms with Crippen molar-refractivity contribution in [1.29, 1.82) is 0 Å². The zero-order valence-corrected chi connectivity index (χ0v) is 23.1. The molecule has 0 bridgehead atoms. The molecule has 7 nitrogen and oxygen atoms in total. The van der Waals surface area contributed by atoms with E-state index in [-0.39, 0.29) is 11.3 Å². The first-order chi connectivity index (χ1) is 19.5. The molecule has 3 aromatic carbocycles. The number of rotatable bonds is 9. The summed E-state index contributed by atoms with van der Waals surface area (Å²) in [6.45, 7) is 8.28. The van der Waals surface area contributed by atoms with Gasteiger partial charge < -0.3 is 19.5 Å². The monoisotopic (exact) mass is 540 g/mol. The highest BCUT2D eigenvalue weighted by Gasteiger charge is 2.46. The highest BCUT2D eigenvalue weighted by molar-refractivity contribution is 6.46. The summed E-state index contributed by atoms with van der Waals surface area (Å²) in [4.78, 5) is 30.7. The van der Waals surface area contributed by atoms with Gasteiger partial charge in [-0.05, 0) is 53.8 Å². The first-order valence-electron chi connectivity index (χ1n) is 13.9. The molecule has 2 aliphatic heterocycles. The first kappa shape index (κ1) is 27.6. The Morgan fingerprint density at radius 2 is 1.68 bits per heavy atom. The Morgan fingerprint density at radius 1 is 0.950 bits per heavy atom. The number of aliphatic hydroxyl groups is 1. The topological polar surface area (TPSA) is 79.3 Å². The SMILES string of the molecule is CCc1ccc([C@H]2/C(=C(\O)c3ccc(OCc4ccccc4)cc3C)C(=O)C(=O)N2CCN2CCOCC2)cc1. The summed E-state index contributed by atoms with van der Waals surface area (Å²) in [6.07, 6.45) is 0.884. The third kappa shape index (κ3) is 5.96. The molecular formula is C33H36N2O5. The molecule has 1 amide bonds. The number of ketones is 1. The zero-order valence-electron chi connectivity index (χ0n) is 23.1. The summed E-state index contributed by atoms with van der Waals surface area (Å²) in [7, 11) is 0. The quantitative estimate of drug-likeness (QED) is 0.237. The van der Waals surface area contributed by atoms with Gasteiger partial charge in [-0.3, -0.25) is 14.5 Å². The van der Waals surface area contributed by atoms with E-state index in [1.165, 1.54) is 0 Å². The lowest BCUT2D eigenvalue weighted by Crippen LogP contribution is -2.42. The number of aliphatic hydroxyl groups excluding tert-OH is 1. The van der Waals surface area contributed by atoms with Crippen LogP contribution in [-0.4, -0.2) is 66.0 Å². The molecule has 0 spiro atoms. The van der Waals surface area contributed by atoms with Crippen LogP contribution in [0.1, 0.15) is 40.8 Å². The molecular weight excluding hydrogens is 504 g/mol. The van der Waals surface area contributed by atoms with Gasteiger partial charge in [0.2, 0.25) is 0 Å². The van der Waals surface area contributed by atoms with Crippen LogP contribution in [0.25, 0.3) is 5.76 Å². The van der Waals surface area contributed by atoms with Gasteiger partial charge in [0.25, 0.3) is 11.7 Å². The Hall–Kier alpha value is -3.94. The van der Waals surface area contributed by atoms with E-state index in [0.717, 1.165) is 41.8 Å². The van der Waals surface area contributed by atoms with Gasteiger partial charge in [-0.1, -0.05) is 61.5 Å². The first-order valence-corrected chi connectivity index (χ1v) is 13.9. The van der Waals surface area contributed by atoms with Crippen molar-refractivity contribution in [3.8, 4) is 5.75 Å². The van der Waals surface area contributed by atoms with Gasteiger partial charge in [0, 0.05) is 31.7 Å². The van der Waals surface area contributed by atoms with E-state index in [9.17, 15) is 14.7 Å². The van der Waals surface area contributed by atoms with Crippen molar-refractivity contribution >= 4 is 17.4 Å². The molecule has 5 rings (SSSR count). The Morgan fingerprint density at radius 3 is 2.35 bits per heavy atom. The van der Waals surface area contributed by atoms with Crippen LogP contribution < -0.4 is 4.74 Å². The van der Waals surface area contributed by atoms with Crippen LogP contribution in [0.15, 0.2) is 78.4 Å². The van der Waals surface area contributed by atoms with Crippen LogP contribution in [0, 0.1) is 6.92 Å². The van der Waals surface area contributed by atoms with E-state index in [1.807, 2.05) is 67.6 Å². The smallest absolute Gasteiger partial charge is 0.295 e. The molecule has 0 unspecified atom stereocenters. The zero-order chi connectivity index (χ0) is 28.1. The fraction of sp³-hybridized carbons (Fsp3) is 0.333. The summed E-state index contributed by atoms with van der Waals surface area (Å²) < 4.78 is 11.4. The predicted octanol–water partition coefficient (Wildman–Crippen LogP) is 4.89. The van der Waals surface area contributed by atoms with Gasteiger partial charge in [0.05, 0.1) is 24.8 Å². The number of benzene rings is 3. The molecule has 0 aliphatic carbocycles. The largest absolute Gasteiger partial charge is 0.507 e. The van der Waals surface area contributed by atoms with Crippen LogP contribution in [0.5, 0.6) is 5.75 Å². The standard InChI is InChI=1S/C33H36N2O5/c1-3-24-9-11-26(12-10-24)30-29(32(37)33(38)35(30)16-15-34-17-19-39-20-18-34)31(36)28-14-13-27(21-23(28)2)40-22-25-7-5-4-6-8-25/h4-14,21,30,36H,3,15-20,22H2,1-2H3/b31-29+/t30-/m0/s1. The maximum atomic E-state index is 13.5. The average Bonchev–Trinajstić information content (AvgIpc) is 3.25. The molecule has 2 heterocycles. The van der Waals surface area contributed by atoms with Crippen molar-refractivity contribution < 1.29 is 24.2 Å². The van der Waals surface area contributed by atoms with Gasteiger partial charge in [0.1, 0.15) is 18.1 Å². The maximum absolute atomic E-state index is 13.5. The summed E-state index contributed by atoms with van der Waals surface area (Å²) in [5.41, 5.74) is 4.41. The number of hydrogen-bond acceptors (Lipinski definition) is 6. The van der Waals surface area contributed by atoms with Crippen molar-refractivity contribution in [2.75, 3.05) is 39.4 Å². The number of aryl methyl sites for hydroxylation is 2. The molecule has 3 aromatic rings. The fourth-order valence-electron chi connectivity index (χ4n) is 5.34. The van der Waals surface area contributed by atoms with E-state index in [0.29, 0.717) is 44.2 Å². The van der Waals surface area contributed by atoms with Crippen LogP contribution >= 0.6 is 0 Å². The third-order valence-corrected chi connectivity index (χ3v) is 7.71. The number of ether oxygens (including phenoxy) is 2. The average molecular weight is 541 g/mol. The molecule has 2 saturated heterocycles. The molecule has 1 N–H and O–H groups in total.